The van der Waals surface area contributed by atoms with Gasteiger partial charge in [0.15, 0.2) is 6.79 Å². The molecule has 1 aromatic carbocycles. The van der Waals surface area contributed by atoms with Gasteiger partial charge in [-0.1, -0.05) is 0 Å². The second-order valence-electron chi connectivity index (χ2n) is 2.93. The van der Waals surface area contributed by atoms with E-state index in [0.717, 1.165) is 0 Å². The van der Waals surface area contributed by atoms with Crippen LogP contribution in [0.4, 0.5) is 11.4 Å². The Balaban J connectivity index is 2.65. The number of nitrogens with two attached hydrogens (primary N) is 2. The van der Waals surface area contributed by atoms with Crippen LogP contribution in [0.3, 0.4) is 0 Å². The first-order valence-corrected chi connectivity index (χ1v) is 4.54. The second kappa shape index (κ2) is 5.21. The molecule has 0 spiro atoms. The highest BCUT2D eigenvalue weighted by atomic mass is 16.7. The largest absolute Gasteiger partial charge is 0.435 e. The number of anilines is 2. The number of ether oxygens (including phenoxy) is 2. The third-order valence-electron chi connectivity index (χ3n) is 1.69. The molecule has 0 bridgehead atoms. The van der Waals surface area contributed by atoms with Gasteiger partial charge in [-0.3, -0.25) is 0 Å². The summed E-state index contributed by atoms with van der Waals surface area (Å²) in [7, 11) is 0. The zero-order chi connectivity index (χ0) is 11.3. The lowest BCUT2D eigenvalue weighted by Crippen LogP contribution is -2.09. The van der Waals surface area contributed by atoms with E-state index in [1.807, 2.05) is 6.92 Å². The van der Waals surface area contributed by atoms with Gasteiger partial charge in [-0.15, -0.1) is 0 Å². The normalized spacial score (nSPS) is 9.93. The fourth-order valence-corrected chi connectivity index (χ4v) is 1.06. The van der Waals surface area contributed by atoms with E-state index >= 15 is 0 Å². The van der Waals surface area contributed by atoms with Crippen molar-refractivity contribution < 1.29 is 14.3 Å². The number of hydrogen-bond acceptors (Lipinski definition) is 5. The lowest BCUT2D eigenvalue weighted by Gasteiger charge is -2.05. The number of nitrogen functional groups attached to an aromatic ring is 2. The summed E-state index contributed by atoms with van der Waals surface area (Å²) in [6.07, 6.45) is 0. The van der Waals surface area contributed by atoms with E-state index in [2.05, 4.69) is 0 Å². The van der Waals surface area contributed by atoms with Crippen molar-refractivity contribution in [2.45, 2.75) is 6.92 Å². The van der Waals surface area contributed by atoms with Crippen molar-refractivity contribution >= 4 is 17.3 Å². The maximum atomic E-state index is 11.4. The van der Waals surface area contributed by atoms with Gasteiger partial charge in [0.2, 0.25) is 0 Å². The number of esters is 1. The van der Waals surface area contributed by atoms with Gasteiger partial charge in [0.25, 0.3) is 0 Å². The van der Waals surface area contributed by atoms with Crippen molar-refractivity contribution in [2.24, 2.45) is 0 Å². The minimum atomic E-state index is -0.498. The van der Waals surface area contributed by atoms with Crippen LogP contribution in [0.1, 0.15) is 17.3 Å². The first kappa shape index (κ1) is 11.3. The van der Waals surface area contributed by atoms with Gasteiger partial charge in [0.1, 0.15) is 0 Å². The van der Waals surface area contributed by atoms with Crippen LogP contribution in [0.5, 0.6) is 0 Å². The molecule has 0 radical (unpaired) electrons. The second-order valence-corrected chi connectivity index (χ2v) is 2.93. The Morgan fingerprint density at radius 1 is 1.27 bits per heavy atom. The monoisotopic (exact) mass is 210 g/mol. The van der Waals surface area contributed by atoms with E-state index in [1.54, 1.807) is 6.07 Å². The zero-order valence-corrected chi connectivity index (χ0v) is 8.53. The molecule has 1 rings (SSSR count). The van der Waals surface area contributed by atoms with Crippen molar-refractivity contribution in [3.05, 3.63) is 23.8 Å². The molecular formula is C10H14N2O3. The van der Waals surface area contributed by atoms with Gasteiger partial charge in [0.05, 0.1) is 5.56 Å². The molecule has 15 heavy (non-hydrogen) atoms. The SMILES string of the molecule is CCOCOC(=O)c1cc(N)cc(N)c1. The summed E-state index contributed by atoms with van der Waals surface area (Å²) in [5.74, 6) is -0.498. The summed E-state index contributed by atoms with van der Waals surface area (Å²) in [6, 6.07) is 4.58. The average Bonchev–Trinajstić information content (AvgIpc) is 2.16. The molecule has 0 aliphatic heterocycles. The molecule has 0 aromatic heterocycles. The van der Waals surface area contributed by atoms with Crippen molar-refractivity contribution in [3.63, 3.8) is 0 Å². The predicted molar refractivity (Wildman–Crippen MR) is 57.2 cm³/mol. The number of carbonyl (C=O) groups is 1. The number of hydrogen-bond donors (Lipinski definition) is 2. The number of rotatable bonds is 4. The summed E-state index contributed by atoms with van der Waals surface area (Å²) in [6.45, 7) is 2.24. The summed E-state index contributed by atoms with van der Waals surface area (Å²) in [5.41, 5.74) is 12.3. The number of benzene rings is 1. The molecule has 1 aromatic rings. The van der Waals surface area contributed by atoms with Crippen LogP contribution in [0.25, 0.3) is 0 Å². The van der Waals surface area contributed by atoms with Gasteiger partial charge in [0, 0.05) is 18.0 Å². The Morgan fingerprint density at radius 3 is 2.40 bits per heavy atom. The van der Waals surface area contributed by atoms with Crippen molar-refractivity contribution in [1.29, 1.82) is 0 Å². The van der Waals surface area contributed by atoms with E-state index < -0.39 is 5.97 Å². The summed E-state index contributed by atoms with van der Waals surface area (Å²) in [4.78, 5) is 11.4. The lowest BCUT2D eigenvalue weighted by molar-refractivity contribution is -0.0274. The Kier molecular flexibility index (Phi) is 3.93. The van der Waals surface area contributed by atoms with Crippen LogP contribution in [0, 0.1) is 0 Å². The minimum Gasteiger partial charge on any atom is -0.435 e. The third kappa shape index (κ3) is 3.47. The molecule has 4 N–H and O–H groups in total. The van der Waals surface area contributed by atoms with Gasteiger partial charge in [-0.05, 0) is 25.1 Å². The van der Waals surface area contributed by atoms with Crippen LogP contribution in [-0.2, 0) is 9.47 Å². The molecular weight excluding hydrogens is 196 g/mol. The Morgan fingerprint density at radius 2 is 1.87 bits per heavy atom. The van der Waals surface area contributed by atoms with Crippen LogP contribution in [0.15, 0.2) is 18.2 Å². The van der Waals surface area contributed by atoms with Crippen LogP contribution in [0.2, 0.25) is 0 Å². The van der Waals surface area contributed by atoms with E-state index in [9.17, 15) is 4.79 Å². The van der Waals surface area contributed by atoms with Crippen LogP contribution < -0.4 is 11.5 Å². The highest BCUT2D eigenvalue weighted by molar-refractivity contribution is 5.91. The van der Waals surface area contributed by atoms with E-state index in [0.29, 0.717) is 23.5 Å². The Hall–Kier alpha value is -1.75. The predicted octanol–water partition coefficient (Wildman–Crippen LogP) is 1.00. The number of carbonyl (C=O) groups excluding carboxylic acids is 1. The van der Waals surface area contributed by atoms with E-state index in [-0.39, 0.29) is 6.79 Å². The van der Waals surface area contributed by atoms with Crippen molar-refractivity contribution in [3.8, 4) is 0 Å². The van der Waals surface area contributed by atoms with E-state index in [1.165, 1.54) is 12.1 Å². The molecule has 0 saturated carbocycles. The molecule has 0 heterocycles. The van der Waals surface area contributed by atoms with Gasteiger partial charge >= 0.3 is 5.97 Å². The zero-order valence-electron chi connectivity index (χ0n) is 8.53. The first-order chi connectivity index (χ1) is 7.13. The molecule has 5 nitrogen and oxygen atoms in total. The minimum absolute atomic E-state index is 0.0654. The van der Waals surface area contributed by atoms with Crippen LogP contribution >= 0.6 is 0 Å². The van der Waals surface area contributed by atoms with Crippen molar-refractivity contribution in [1.82, 2.24) is 0 Å². The topological polar surface area (TPSA) is 87.6 Å². The standard InChI is InChI=1S/C10H14N2O3/c1-2-14-6-15-10(13)7-3-8(11)5-9(12)4-7/h3-5H,2,6,11-12H2,1H3. The Bertz CT molecular complexity index is 332. The quantitative estimate of drug-likeness (QED) is 0.335. The molecule has 0 saturated heterocycles. The van der Waals surface area contributed by atoms with Gasteiger partial charge < -0.3 is 20.9 Å². The molecule has 0 atom stereocenters. The first-order valence-electron chi connectivity index (χ1n) is 4.54. The highest BCUT2D eigenvalue weighted by Crippen LogP contribution is 2.14. The van der Waals surface area contributed by atoms with E-state index in [4.69, 9.17) is 20.9 Å². The maximum absolute atomic E-state index is 11.4. The highest BCUT2D eigenvalue weighted by Gasteiger charge is 2.08. The van der Waals surface area contributed by atoms with Gasteiger partial charge in [-0.2, -0.15) is 0 Å². The molecule has 5 heteroatoms. The smallest absolute Gasteiger partial charge is 0.340 e. The molecule has 0 fully saturated rings. The summed E-state index contributed by atoms with van der Waals surface area (Å²) >= 11 is 0. The fraction of sp³-hybridized carbons (Fsp3) is 0.300. The van der Waals surface area contributed by atoms with Crippen molar-refractivity contribution in [2.75, 3.05) is 24.9 Å². The third-order valence-corrected chi connectivity index (χ3v) is 1.69. The van der Waals surface area contributed by atoms with Gasteiger partial charge in [-0.25, -0.2) is 4.79 Å². The summed E-state index contributed by atoms with van der Waals surface area (Å²) < 4.78 is 9.69. The average molecular weight is 210 g/mol. The molecule has 0 amide bonds. The fourth-order valence-electron chi connectivity index (χ4n) is 1.06. The van der Waals surface area contributed by atoms with Crippen LogP contribution in [-0.4, -0.2) is 19.4 Å². The summed E-state index contributed by atoms with van der Waals surface area (Å²) in [5, 5.41) is 0. The molecule has 82 valence electrons. The Labute approximate surface area is 88.0 Å². The molecule has 0 aliphatic rings. The maximum Gasteiger partial charge on any atom is 0.340 e. The lowest BCUT2D eigenvalue weighted by atomic mass is 10.2. The molecule has 0 aliphatic carbocycles. The molecule has 0 unspecified atom stereocenters.